The van der Waals surface area contributed by atoms with Crippen LogP contribution >= 0.6 is 0 Å². The van der Waals surface area contributed by atoms with Crippen molar-refractivity contribution in [2.45, 2.75) is 63.6 Å². The first-order valence-electron chi connectivity index (χ1n) is 9.38. The Morgan fingerprint density at radius 1 is 1.19 bits per heavy atom. The van der Waals surface area contributed by atoms with Gasteiger partial charge in [-0.25, -0.2) is 9.69 Å². The monoisotopic (exact) mass is 356 g/mol. The van der Waals surface area contributed by atoms with Crippen LogP contribution in [0.2, 0.25) is 0 Å². The van der Waals surface area contributed by atoms with Gasteiger partial charge in [-0.2, -0.15) is 0 Å². The molecule has 3 amide bonds. The average Bonchev–Trinajstić information content (AvgIpc) is 3.09. The maximum atomic E-state index is 13.1. The Hall–Kier alpha value is -2.37. The molecule has 3 atom stereocenters. The van der Waals surface area contributed by atoms with E-state index in [0.717, 1.165) is 35.3 Å². The lowest BCUT2D eigenvalue weighted by Gasteiger charge is -2.39. The molecule has 1 aromatic rings. The van der Waals surface area contributed by atoms with Crippen LogP contribution in [0.1, 0.15) is 50.7 Å². The van der Waals surface area contributed by atoms with Crippen molar-refractivity contribution in [1.29, 1.82) is 0 Å². The van der Waals surface area contributed by atoms with Crippen molar-refractivity contribution in [3.63, 3.8) is 0 Å². The van der Waals surface area contributed by atoms with Crippen LogP contribution < -0.4 is 0 Å². The maximum absolute atomic E-state index is 13.1. The third kappa shape index (κ3) is 2.42. The molecular formula is C20H24N2O4. The van der Waals surface area contributed by atoms with Gasteiger partial charge in [0, 0.05) is 24.1 Å². The number of hydrogen-bond acceptors (Lipinski definition) is 4. The van der Waals surface area contributed by atoms with E-state index in [-0.39, 0.29) is 24.5 Å². The highest BCUT2D eigenvalue weighted by atomic mass is 16.6. The smallest absolute Gasteiger partial charge is 0.418 e. The number of rotatable bonds is 2. The number of piperidine rings is 1. The lowest BCUT2D eigenvalue weighted by Crippen LogP contribution is -2.52. The molecule has 1 aromatic carbocycles. The minimum absolute atomic E-state index is 0.126. The van der Waals surface area contributed by atoms with Gasteiger partial charge >= 0.3 is 6.09 Å². The van der Waals surface area contributed by atoms with Crippen molar-refractivity contribution in [1.82, 2.24) is 9.80 Å². The second-order valence-corrected chi connectivity index (χ2v) is 7.67. The number of aryl methyl sites for hydroxylation is 1. The zero-order valence-corrected chi connectivity index (χ0v) is 15.2. The zero-order valence-electron chi connectivity index (χ0n) is 15.2. The lowest BCUT2D eigenvalue weighted by atomic mass is 9.95. The van der Waals surface area contributed by atoms with E-state index >= 15 is 0 Å². The van der Waals surface area contributed by atoms with Gasteiger partial charge in [0.15, 0.2) is 0 Å². The Kier molecular flexibility index (Phi) is 4.01. The van der Waals surface area contributed by atoms with Crippen LogP contribution in [0.4, 0.5) is 4.79 Å². The van der Waals surface area contributed by atoms with Gasteiger partial charge in [-0.05, 0) is 45.1 Å². The second kappa shape index (κ2) is 6.11. The minimum atomic E-state index is -1.24. The first kappa shape index (κ1) is 17.1. The van der Waals surface area contributed by atoms with Gasteiger partial charge in [-0.1, -0.05) is 24.3 Å². The predicted octanol–water partition coefficient (Wildman–Crippen LogP) is 2.60. The number of benzene rings is 1. The topological polar surface area (TPSA) is 66.9 Å². The molecule has 1 spiro atoms. The quantitative estimate of drug-likeness (QED) is 0.817. The molecule has 0 saturated carbocycles. The van der Waals surface area contributed by atoms with Gasteiger partial charge in [0.05, 0.1) is 0 Å². The fourth-order valence-corrected chi connectivity index (χ4v) is 4.72. The highest BCUT2D eigenvalue weighted by Crippen LogP contribution is 2.45. The minimum Gasteiger partial charge on any atom is -0.427 e. The van der Waals surface area contributed by atoms with E-state index in [1.165, 1.54) is 0 Å². The third-order valence-corrected chi connectivity index (χ3v) is 6.05. The highest BCUT2D eigenvalue weighted by Gasteiger charge is 2.58. The molecule has 0 radical (unpaired) electrons. The van der Waals surface area contributed by atoms with Crippen LogP contribution in [0.25, 0.3) is 0 Å². The fourth-order valence-electron chi connectivity index (χ4n) is 4.72. The summed E-state index contributed by atoms with van der Waals surface area (Å²) in [6, 6.07) is 7.81. The molecule has 2 saturated heterocycles. The van der Waals surface area contributed by atoms with Crippen LogP contribution in [0.15, 0.2) is 24.3 Å². The molecule has 0 N–H and O–H groups in total. The molecule has 6 nitrogen and oxygen atoms in total. The average molecular weight is 356 g/mol. The van der Waals surface area contributed by atoms with E-state index in [1.807, 2.05) is 43.0 Å². The second-order valence-electron chi connectivity index (χ2n) is 7.67. The summed E-state index contributed by atoms with van der Waals surface area (Å²) in [5.41, 5.74) is 0.542. The number of amides is 3. The first-order valence-corrected chi connectivity index (χ1v) is 9.38. The Morgan fingerprint density at radius 2 is 1.88 bits per heavy atom. The Labute approximate surface area is 153 Å². The summed E-state index contributed by atoms with van der Waals surface area (Å²) >= 11 is 0. The van der Waals surface area contributed by atoms with Gasteiger partial charge < -0.3 is 9.64 Å². The molecule has 3 aliphatic rings. The number of ether oxygens (including phenoxy) is 1. The summed E-state index contributed by atoms with van der Waals surface area (Å²) in [5.74, 6) is -0.587. The van der Waals surface area contributed by atoms with E-state index in [1.54, 1.807) is 0 Å². The SMILES string of the molecule is C[C@@H]1CCC[C@@H](C)N1C(=O)CN1C(=O)O[C@@]2(CCc3ccccc32)C1=O. The van der Waals surface area contributed by atoms with Crippen molar-refractivity contribution in [2.24, 2.45) is 0 Å². The van der Waals surface area contributed by atoms with E-state index in [9.17, 15) is 14.4 Å². The van der Waals surface area contributed by atoms with Crippen molar-refractivity contribution in [3.05, 3.63) is 35.4 Å². The molecular weight excluding hydrogens is 332 g/mol. The number of nitrogens with zero attached hydrogens (tertiary/aromatic N) is 2. The highest BCUT2D eigenvalue weighted by molar-refractivity contribution is 6.06. The lowest BCUT2D eigenvalue weighted by molar-refractivity contribution is -0.144. The van der Waals surface area contributed by atoms with Crippen molar-refractivity contribution in [3.8, 4) is 0 Å². The van der Waals surface area contributed by atoms with Crippen molar-refractivity contribution in [2.75, 3.05) is 6.54 Å². The number of carbonyl (C=O) groups is 3. The summed E-state index contributed by atoms with van der Waals surface area (Å²) in [4.78, 5) is 41.2. The summed E-state index contributed by atoms with van der Waals surface area (Å²) in [6.45, 7) is 3.80. The molecule has 0 unspecified atom stereocenters. The Bertz CT molecular complexity index is 767. The normalized spacial score (nSPS) is 30.7. The Balaban J connectivity index is 1.57. The molecule has 6 heteroatoms. The van der Waals surface area contributed by atoms with Crippen LogP contribution in [-0.4, -0.2) is 46.3 Å². The van der Waals surface area contributed by atoms with Crippen molar-refractivity contribution >= 4 is 17.9 Å². The van der Waals surface area contributed by atoms with Crippen LogP contribution in [0.3, 0.4) is 0 Å². The number of carbonyl (C=O) groups excluding carboxylic acids is 3. The molecule has 2 fully saturated rings. The zero-order chi connectivity index (χ0) is 18.5. The summed E-state index contributed by atoms with van der Waals surface area (Å²) in [5, 5.41) is 0. The molecule has 0 aromatic heterocycles. The van der Waals surface area contributed by atoms with Crippen molar-refractivity contribution < 1.29 is 19.1 Å². The third-order valence-electron chi connectivity index (χ3n) is 6.05. The van der Waals surface area contributed by atoms with Gasteiger partial charge in [0.2, 0.25) is 11.5 Å². The molecule has 0 bridgehead atoms. The van der Waals surface area contributed by atoms with E-state index in [2.05, 4.69) is 0 Å². The first-order chi connectivity index (χ1) is 12.4. The standard InChI is InChI=1S/C20H24N2O4/c1-13-6-5-7-14(2)22(13)17(23)12-21-18(24)20(26-19(21)25)11-10-15-8-3-4-9-16(15)20/h3-4,8-9,13-14H,5-7,10-12H2,1-2H3/t13-,14-,20-/m1/s1. The molecule has 1 aliphatic carbocycles. The molecule has 138 valence electrons. The number of hydrogen-bond donors (Lipinski definition) is 0. The van der Waals surface area contributed by atoms with Gasteiger partial charge in [0.1, 0.15) is 6.54 Å². The van der Waals surface area contributed by atoms with Crippen LogP contribution in [-0.2, 0) is 26.3 Å². The predicted molar refractivity (Wildman–Crippen MR) is 94.3 cm³/mol. The van der Waals surface area contributed by atoms with Crippen LogP contribution in [0, 0.1) is 0 Å². The van der Waals surface area contributed by atoms with Gasteiger partial charge in [-0.15, -0.1) is 0 Å². The van der Waals surface area contributed by atoms with E-state index in [0.29, 0.717) is 12.8 Å². The molecule has 2 aliphatic heterocycles. The molecule has 4 rings (SSSR count). The van der Waals surface area contributed by atoms with E-state index < -0.39 is 17.6 Å². The number of imide groups is 1. The van der Waals surface area contributed by atoms with Gasteiger partial charge in [-0.3, -0.25) is 9.59 Å². The largest absolute Gasteiger partial charge is 0.427 e. The summed E-state index contributed by atoms with van der Waals surface area (Å²) in [6.07, 6.45) is 3.42. The van der Waals surface area contributed by atoms with E-state index in [4.69, 9.17) is 4.74 Å². The summed E-state index contributed by atoms with van der Waals surface area (Å²) < 4.78 is 5.57. The number of likely N-dealkylation sites (tertiary alicyclic amines) is 1. The number of fused-ring (bicyclic) bond motifs is 2. The van der Waals surface area contributed by atoms with Gasteiger partial charge in [0.25, 0.3) is 5.91 Å². The summed E-state index contributed by atoms with van der Waals surface area (Å²) in [7, 11) is 0. The Morgan fingerprint density at radius 3 is 2.62 bits per heavy atom. The molecule has 26 heavy (non-hydrogen) atoms. The fraction of sp³-hybridized carbons (Fsp3) is 0.550. The maximum Gasteiger partial charge on any atom is 0.418 e. The molecule has 2 heterocycles. The van der Waals surface area contributed by atoms with Crippen LogP contribution in [0.5, 0.6) is 0 Å².